The van der Waals surface area contributed by atoms with E-state index in [0.717, 1.165) is 18.9 Å². The summed E-state index contributed by atoms with van der Waals surface area (Å²) in [6.07, 6.45) is 0. The van der Waals surface area contributed by atoms with Crippen molar-refractivity contribution in [1.82, 2.24) is 15.5 Å². The third kappa shape index (κ3) is 3.16. The van der Waals surface area contributed by atoms with Crippen molar-refractivity contribution >= 4 is 17.4 Å². The summed E-state index contributed by atoms with van der Waals surface area (Å²) in [6, 6.07) is 3.59. The first-order chi connectivity index (χ1) is 6.24. The number of rotatable bonds is 4. The Hall–Kier alpha value is -0.870. The summed E-state index contributed by atoms with van der Waals surface area (Å²) in [5, 5.41) is 11.2. The van der Waals surface area contributed by atoms with E-state index < -0.39 is 0 Å². The summed E-state index contributed by atoms with van der Waals surface area (Å²) in [7, 11) is 3.89. The predicted octanol–water partition coefficient (Wildman–Crippen LogP) is 0.786. The quantitative estimate of drug-likeness (QED) is 0.780. The molecule has 0 amide bonds. The first-order valence-corrected chi connectivity index (χ1v) is 4.47. The van der Waals surface area contributed by atoms with Crippen LogP contribution in [0.25, 0.3) is 0 Å². The maximum absolute atomic E-state index is 5.62. The first kappa shape index (κ1) is 10.2. The van der Waals surface area contributed by atoms with Gasteiger partial charge in [0, 0.05) is 20.1 Å². The lowest BCUT2D eigenvalue weighted by atomic mass is 10.4. The molecular formula is C8H13ClN4. The lowest BCUT2D eigenvalue weighted by molar-refractivity contribution is 0.756. The fraction of sp³-hybridized carbons (Fsp3) is 0.500. The molecule has 0 radical (unpaired) electrons. The minimum atomic E-state index is 0.422. The predicted molar refractivity (Wildman–Crippen MR) is 54.2 cm³/mol. The largest absolute Gasteiger partial charge is 0.357 e. The molecule has 0 aromatic carbocycles. The molecule has 1 aromatic heterocycles. The van der Waals surface area contributed by atoms with E-state index in [2.05, 4.69) is 15.5 Å². The molecule has 0 saturated carbocycles. The Morgan fingerprint density at radius 3 is 2.77 bits per heavy atom. The Morgan fingerprint density at radius 2 is 2.23 bits per heavy atom. The van der Waals surface area contributed by atoms with Crippen molar-refractivity contribution in [2.24, 2.45) is 0 Å². The van der Waals surface area contributed by atoms with Crippen molar-refractivity contribution in [2.45, 2.75) is 0 Å². The highest BCUT2D eigenvalue weighted by Crippen LogP contribution is 2.09. The number of nitrogens with zero attached hydrogens (tertiary/aromatic N) is 3. The molecule has 0 aliphatic carbocycles. The van der Waals surface area contributed by atoms with Crippen molar-refractivity contribution in [1.29, 1.82) is 0 Å². The molecule has 1 N–H and O–H groups in total. The molecule has 4 nitrogen and oxygen atoms in total. The zero-order valence-electron chi connectivity index (χ0n) is 7.79. The van der Waals surface area contributed by atoms with Crippen LogP contribution in [-0.4, -0.2) is 37.4 Å². The Balaban J connectivity index is 2.55. The number of hydrogen-bond acceptors (Lipinski definition) is 4. The van der Waals surface area contributed by atoms with Crippen molar-refractivity contribution in [3.05, 3.63) is 17.3 Å². The van der Waals surface area contributed by atoms with Gasteiger partial charge in [0.2, 0.25) is 0 Å². The standard InChI is InChI=1S/C8H13ClN4/c1-10-5-6-13(2)8-4-3-7(9)11-12-8/h3-4,10H,5-6H2,1-2H3. The Labute approximate surface area is 82.9 Å². The van der Waals surface area contributed by atoms with Gasteiger partial charge in [-0.1, -0.05) is 11.6 Å². The van der Waals surface area contributed by atoms with Crippen molar-refractivity contribution in [2.75, 3.05) is 32.1 Å². The van der Waals surface area contributed by atoms with Gasteiger partial charge in [-0.05, 0) is 19.2 Å². The number of anilines is 1. The van der Waals surface area contributed by atoms with Crippen LogP contribution in [-0.2, 0) is 0 Å². The minimum absolute atomic E-state index is 0.422. The Kier molecular flexibility index (Phi) is 3.92. The molecule has 0 fully saturated rings. The van der Waals surface area contributed by atoms with Gasteiger partial charge in [0.1, 0.15) is 0 Å². The monoisotopic (exact) mass is 200 g/mol. The van der Waals surface area contributed by atoms with E-state index in [1.807, 2.05) is 25.1 Å². The van der Waals surface area contributed by atoms with Gasteiger partial charge < -0.3 is 10.2 Å². The molecule has 0 aliphatic rings. The van der Waals surface area contributed by atoms with Crippen molar-refractivity contribution in [3.63, 3.8) is 0 Å². The lowest BCUT2D eigenvalue weighted by Crippen LogP contribution is -2.27. The number of hydrogen-bond donors (Lipinski definition) is 1. The second-order valence-corrected chi connectivity index (χ2v) is 3.13. The van der Waals surface area contributed by atoms with Gasteiger partial charge in [0.25, 0.3) is 0 Å². The maximum atomic E-state index is 5.62. The maximum Gasteiger partial charge on any atom is 0.151 e. The van der Waals surface area contributed by atoms with Crippen LogP contribution in [0.4, 0.5) is 5.82 Å². The molecule has 0 bridgehead atoms. The molecule has 0 saturated heterocycles. The van der Waals surface area contributed by atoms with Gasteiger partial charge in [-0.15, -0.1) is 10.2 Å². The summed E-state index contributed by atoms with van der Waals surface area (Å²) in [5.41, 5.74) is 0. The van der Waals surface area contributed by atoms with Crippen molar-refractivity contribution in [3.8, 4) is 0 Å². The third-order valence-electron chi connectivity index (χ3n) is 1.71. The van der Waals surface area contributed by atoms with Gasteiger partial charge >= 0.3 is 0 Å². The summed E-state index contributed by atoms with van der Waals surface area (Å²) < 4.78 is 0. The molecular weight excluding hydrogens is 188 g/mol. The Morgan fingerprint density at radius 1 is 1.46 bits per heavy atom. The normalized spacial score (nSPS) is 10.1. The van der Waals surface area contributed by atoms with Crippen LogP contribution >= 0.6 is 11.6 Å². The van der Waals surface area contributed by atoms with E-state index >= 15 is 0 Å². The number of aromatic nitrogens is 2. The molecule has 0 spiro atoms. The molecule has 1 aromatic rings. The summed E-state index contributed by atoms with van der Waals surface area (Å²) >= 11 is 5.62. The smallest absolute Gasteiger partial charge is 0.151 e. The van der Waals surface area contributed by atoms with E-state index in [1.54, 1.807) is 6.07 Å². The summed E-state index contributed by atoms with van der Waals surface area (Å²) in [6.45, 7) is 1.81. The zero-order valence-corrected chi connectivity index (χ0v) is 8.54. The van der Waals surface area contributed by atoms with E-state index in [9.17, 15) is 0 Å². The highest BCUT2D eigenvalue weighted by molar-refractivity contribution is 6.29. The van der Waals surface area contributed by atoms with Gasteiger partial charge in [-0.25, -0.2) is 0 Å². The summed E-state index contributed by atoms with van der Waals surface area (Å²) in [4.78, 5) is 2.01. The number of likely N-dealkylation sites (N-methyl/N-ethyl adjacent to an activating group) is 2. The van der Waals surface area contributed by atoms with Gasteiger partial charge in [0.05, 0.1) is 0 Å². The molecule has 13 heavy (non-hydrogen) atoms. The van der Waals surface area contributed by atoms with Crippen LogP contribution in [0.3, 0.4) is 0 Å². The van der Waals surface area contributed by atoms with Crippen LogP contribution in [0.1, 0.15) is 0 Å². The fourth-order valence-corrected chi connectivity index (χ4v) is 1.01. The number of nitrogens with one attached hydrogen (secondary N) is 1. The van der Waals surface area contributed by atoms with Gasteiger partial charge in [-0.2, -0.15) is 0 Å². The topological polar surface area (TPSA) is 41.0 Å². The van der Waals surface area contributed by atoms with Gasteiger partial charge in [0.15, 0.2) is 11.0 Å². The first-order valence-electron chi connectivity index (χ1n) is 4.09. The van der Waals surface area contributed by atoms with Crippen LogP contribution in [0.2, 0.25) is 5.15 Å². The summed E-state index contributed by atoms with van der Waals surface area (Å²) in [5.74, 6) is 0.833. The average Bonchev–Trinajstić information content (AvgIpc) is 2.15. The van der Waals surface area contributed by atoms with Crippen LogP contribution in [0, 0.1) is 0 Å². The van der Waals surface area contributed by atoms with Crippen LogP contribution in [0.15, 0.2) is 12.1 Å². The van der Waals surface area contributed by atoms with Crippen molar-refractivity contribution < 1.29 is 0 Å². The van der Waals surface area contributed by atoms with Gasteiger partial charge in [-0.3, -0.25) is 0 Å². The molecule has 1 rings (SSSR count). The van der Waals surface area contributed by atoms with Crippen LogP contribution in [0.5, 0.6) is 0 Å². The molecule has 72 valence electrons. The van der Waals surface area contributed by atoms with Crippen LogP contribution < -0.4 is 10.2 Å². The zero-order chi connectivity index (χ0) is 9.68. The highest BCUT2D eigenvalue weighted by Gasteiger charge is 2.01. The second-order valence-electron chi connectivity index (χ2n) is 2.74. The Bertz CT molecular complexity index is 249. The molecule has 0 atom stereocenters. The molecule has 5 heteroatoms. The molecule has 1 heterocycles. The fourth-order valence-electron chi connectivity index (χ4n) is 0.907. The van der Waals surface area contributed by atoms with E-state index in [4.69, 9.17) is 11.6 Å². The van der Waals surface area contributed by atoms with E-state index in [1.165, 1.54) is 0 Å². The average molecular weight is 201 g/mol. The molecule has 0 unspecified atom stereocenters. The highest BCUT2D eigenvalue weighted by atomic mass is 35.5. The second kappa shape index (κ2) is 4.99. The van der Waals surface area contributed by atoms with E-state index in [-0.39, 0.29) is 0 Å². The molecule has 0 aliphatic heterocycles. The SMILES string of the molecule is CNCCN(C)c1ccc(Cl)nn1. The third-order valence-corrected chi connectivity index (χ3v) is 1.91. The number of halogens is 1. The lowest BCUT2D eigenvalue weighted by Gasteiger charge is -2.16. The minimum Gasteiger partial charge on any atom is -0.357 e. The van der Waals surface area contributed by atoms with E-state index in [0.29, 0.717) is 5.15 Å².